The van der Waals surface area contributed by atoms with Crippen molar-refractivity contribution in [3.05, 3.63) is 44.9 Å². The quantitative estimate of drug-likeness (QED) is 0.616. The first-order valence-corrected chi connectivity index (χ1v) is 9.70. The van der Waals surface area contributed by atoms with Crippen molar-refractivity contribution >= 4 is 22.9 Å². The van der Waals surface area contributed by atoms with Crippen LogP contribution in [0.3, 0.4) is 0 Å². The third-order valence-corrected chi connectivity index (χ3v) is 6.24. The Balaban J connectivity index is 1.50. The van der Waals surface area contributed by atoms with E-state index in [1.807, 2.05) is 16.3 Å². The van der Waals surface area contributed by atoms with Gasteiger partial charge in [0.25, 0.3) is 0 Å². The van der Waals surface area contributed by atoms with Crippen LogP contribution >= 0.6 is 11.3 Å². The molecule has 9 heteroatoms. The second kappa shape index (κ2) is 6.81. The fraction of sp³-hybridized carbons (Fsp3) is 0.529. The second-order valence-electron chi connectivity index (χ2n) is 7.14. The van der Waals surface area contributed by atoms with Crippen molar-refractivity contribution in [2.45, 2.75) is 38.4 Å². The van der Waals surface area contributed by atoms with Crippen molar-refractivity contribution in [1.29, 1.82) is 0 Å². The summed E-state index contributed by atoms with van der Waals surface area (Å²) in [6.07, 6.45) is 5.73. The molecule has 1 N–H and O–H groups in total. The van der Waals surface area contributed by atoms with Gasteiger partial charge in [0.15, 0.2) is 0 Å². The van der Waals surface area contributed by atoms with Crippen molar-refractivity contribution in [2.75, 3.05) is 13.1 Å². The van der Waals surface area contributed by atoms with Crippen LogP contribution in [0.4, 0.5) is 5.69 Å². The highest BCUT2D eigenvalue weighted by Crippen LogP contribution is 2.56. The zero-order valence-corrected chi connectivity index (χ0v) is 15.2. The summed E-state index contributed by atoms with van der Waals surface area (Å²) in [6, 6.07) is 2.30. The Kier molecular flexibility index (Phi) is 4.49. The van der Waals surface area contributed by atoms with Gasteiger partial charge in [-0.2, -0.15) is 16.4 Å². The number of piperidine rings is 1. The highest BCUT2D eigenvalue weighted by atomic mass is 32.1. The van der Waals surface area contributed by atoms with Gasteiger partial charge in [0, 0.05) is 12.6 Å². The van der Waals surface area contributed by atoms with E-state index < -0.39 is 4.92 Å². The predicted molar refractivity (Wildman–Crippen MR) is 96.7 cm³/mol. The normalized spacial score (nSPS) is 20.8. The van der Waals surface area contributed by atoms with Crippen LogP contribution in [0.2, 0.25) is 0 Å². The van der Waals surface area contributed by atoms with E-state index in [2.05, 4.69) is 15.8 Å². The van der Waals surface area contributed by atoms with E-state index in [-0.39, 0.29) is 29.6 Å². The van der Waals surface area contributed by atoms with Crippen LogP contribution in [0.5, 0.6) is 0 Å². The van der Waals surface area contributed by atoms with Gasteiger partial charge in [-0.25, -0.2) is 0 Å². The molecule has 4 rings (SSSR count). The first-order valence-electron chi connectivity index (χ1n) is 8.75. The molecule has 1 aliphatic carbocycles. The smallest absolute Gasteiger partial charge is 0.307 e. The zero-order valence-electron chi connectivity index (χ0n) is 14.3. The predicted octanol–water partition coefficient (Wildman–Crippen LogP) is 2.02. The number of carbonyl (C=O) groups excluding carboxylic acids is 1. The summed E-state index contributed by atoms with van der Waals surface area (Å²) >= 11 is 1.62. The van der Waals surface area contributed by atoms with Crippen molar-refractivity contribution in [3.63, 3.8) is 0 Å². The van der Waals surface area contributed by atoms with E-state index in [9.17, 15) is 14.9 Å². The molecule has 2 fully saturated rings. The molecule has 1 unspecified atom stereocenters. The van der Waals surface area contributed by atoms with Crippen LogP contribution in [0.25, 0.3) is 0 Å². The van der Waals surface area contributed by atoms with Gasteiger partial charge in [-0.05, 0) is 60.2 Å². The number of amides is 1. The minimum absolute atomic E-state index is 0.0306. The van der Waals surface area contributed by atoms with Gasteiger partial charge in [0.2, 0.25) is 5.91 Å². The number of thiophene rings is 1. The van der Waals surface area contributed by atoms with Crippen molar-refractivity contribution < 1.29 is 9.72 Å². The van der Waals surface area contributed by atoms with E-state index in [0.29, 0.717) is 6.54 Å². The number of aromatic nitrogens is 2. The number of nitrogens with zero attached hydrogens (tertiary/aromatic N) is 4. The average Bonchev–Trinajstić information content (AvgIpc) is 3.03. The summed E-state index contributed by atoms with van der Waals surface area (Å²) in [5, 5.41) is 22.2. The number of hydrogen-bond acceptors (Lipinski definition) is 6. The molecule has 2 aromatic heterocycles. The maximum Gasteiger partial charge on any atom is 0.307 e. The van der Waals surface area contributed by atoms with Gasteiger partial charge in [0.05, 0.1) is 4.92 Å². The molecule has 0 bridgehead atoms. The molecule has 2 aliphatic rings. The summed E-state index contributed by atoms with van der Waals surface area (Å²) in [6.45, 7) is 2.62. The molecule has 1 amide bonds. The Morgan fingerprint density at radius 1 is 1.50 bits per heavy atom. The third-order valence-electron chi connectivity index (χ3n) is 5.50. The molecule has 138 valence electrons. The number of rotatable bonds is 6. The van der Waals surface area contributed by atoms with E-state index >= 15 is 0 Å². The molecule has 1 aliphatic heterocycles. The molecule has 1 saturated heterocycles. The van der Waals surface area contributed by atoms with Crippen LogP contribution in [0, 0.1) is 15.5 Å². The average molecular weight is 375 g/mol. The number of nitrogens with one attached hydrogen (secondary N) is 1. The Labute approximate surface area is 154 Å². The van der Waals surface area contributed by atoms with E-state index in [1.165, 1.54) is 17.1 Å². The second-order valence-corrected chi connectivity index (χ2v) is 7.92. The van der Waals surface area contributed by atoms with Gasteiger partial charge in [-0.15, -0.1) is 0 Å². The lowest BCUT2D eigenvalue weighted by Crippen LogP contribution is -2.40. The van der Waals surface area contributed by atoms with Crippen molar-refractivity contribution in [1.82, 2.24) is 20.0 Å². The van der Waals surface area contributed by atoms with Crippen LogP contribution in [0.1, 0.15) is 24.8 Å². The number of nitro groups is 1. The molecule has 1 spiro atoms. The van der Waals surface area contributed by atoms with Crippen LogP contribution in [-0.4, -0.2) is 44.6 Å². The van der Waals surface area contributed by atoms with Crippen molar-refractivity contribution in [3.8, 4) is 0 Å². The summed E-state index contributed by atoms with van der Waals surface area (Å²) in [4.78, 5) is 25.3. The molecule has 26 heavy (non-hydrogen) atoms. The number of hydrogen-bond donors (Lipinski definition) is 1. The highest BCUT2D eigenvalue weighted by Gasteiger charge is 2.57. The largest absolute Gasteiger partial charge is 0.333 e. The maximum atomic E-state index is 13.0. The van der Waals surface area contributed by atoms with E-state index in [1.54, 1.807) is 11.3 Å². The molecule has 3 heterocycles. The number of carbonyl (C=O) groups is 1. The molecule has 1 atom stereocenters. The maximum absolute atomic E-state index is 13.0. The van der Waals surface area contributed by atoms with Gasteiger partial charge < -0.3 is 10.2 Å². The summed E-state index contributed by atoms with van der Waals surface area (Å²) in [7, 11) is 0. The van der Waals surface area contributed by atoms with Gasteiger partial charge in [-0.1, -0.05) is 0 Å². The molecular weight excluding hydrogens is 354 g/mol. The Hall–Kier alpha value is -2.26. The lowest BCUT2D eigenvalue weighted by molar-refractivity contribution is -0.385. The standard InChI is InChI=1S/C17H21N5O3S/c23-16(11-20-10-14(8-19-20)22(24)25)21(9-13-1-6-26-12-13)15-7-17(15)2-4-18-5-3-17/h1,6,8,10,12,15,18H,2-5,7,9,11H2. The Morgan fingerprint density at radius 2 is 2.31 bits per heavy atom. The lowest BCUT2D eigenvalue weighted by Gasteiger charge is -2.29. The fourth-order valence-corrected chi connectivity index (χ4v) is 4.60. The van der Waals surface area contributed by atoms with Gasteiger partial charge >= 0.3 is 5.69 Å². The molecule has 0 radical (unpaired) electrons. The Morgan fingerprint density at radius 3 is 2.96 bits per heavy atom. The molecule has 1 saturated carbocycles. The molecular formula is C17H21N5O3S. The summed E-state index contributed by atoms with van der Waals surface area (Å²) < 4.78 is 1.36. The van der Waals surface area contributed by atoms with Crippen LogP contribution < -0.4 is 5.32 Å². The topological polar surface area (TPSA) is 93.3 Å². The minimum Gasteiger partial charge on any atom is -0.333 e. The lowest BCUT2D eigenvalue weighted by atomic mass is 9.93. The van der Waals surface area contributed by atoms with Crippen LogP contribution in [-0.2, 0) is 17.9 Å². The minimum atomic E-state index is -0.498. The van der Waals surface area contributed by atoms with Crippen LogP contribution in [0.15, 0.2) is 29.2 Å². The molecule has 8 nitrogen and oxygen atoms in total. The summed E-state index contributed by atoms with van der Waals surface area (Å²) in [5.74, 6) is -0.0328. The molecule has 0 aromatic carbocycles. The van der Waals surface area contributed by atoms with Gasteiger partial charge in [-0.3, -0.25) is 19.6 Å². The first kappa shape index (κ1) is 17.2. The summed E-state index contributed by atoms with van der Waals surface area (Å²) in [5.41, 5.74) is 1.28. The third kappa shape index (κ3) is 3.36. The SMILES string of the molecule is O=C(Cn1cc([N+](=O)[O-])cn1)N(Cc1ccsc1)C1CC12CCNCC2. The Bertz CT molecular complexity index is 797. The first-order chi connectivity index (χ1) is 12.6. The van der Waals surface area contributed by atoms with Crippen molar-refractivity contribution in [2.24, 2.45) is 5.41 Å². The highest BCUT2D eigenvalue weighted by molar-refractivity contribution is 7.07. The monoisotopic (exact) mass is 375 g/mol. The van der Waals surface area contributed by atoms with E-state index in [4.69, 9.17) is 0 Å². The fourth-order valence-electron chi connectivity index (χ4n) is 3.94. The van der Waals surface area contributed by atoms with Gasteiger partial charge in [0.1, 0.15) is 18.9 Å². The van der Waals surface area contributed by atoms with E-state index in [0.717, 1.165) is 37.9 Å². The zero-order chi connectivity index (χ0) is 18.1. The molecule has 2 aromatic rings.